The predicted molar refractivity (Wildman–Crippen MR) is 131 cm³/mol. The van der Waals surface area contributed by atoms with Crippen molar-refractivity contribution in [1.29, 1.82) is 0 Å². The summed E-state index contributed by atoms with van der Waals surface area (Å²) in [5.41, 5.74) is 7.34. The van der Waals surface area contributed by atoms with Crippen LogP contribution in [-0.4, -0.2) is 38.8 Å². The number of para-hydroxylation sites is 1. The van der Waals surface area contributed by atoms with Gasteiger partial charge in [-0.05, 0) is 75.7 Å². The van der Waals surface area contributed by atoms with Crippen LogP contribution in [0.4, 0.5) is 0 Å². The highest BCUT2D eigenvalue weighted by Crippen LogP contribution is 2.43. The molecule has 166 valence electrons. The SMILES string of the molecule is Cc1c([C@@H]2[C@H](c3ccccn3)NC(=S)N2C[C@@H]2CCCO2)c(C)n(-c2ccccc2)c1C. The largest absolute Gasteiger partial charge is 0.376 e. The van der Waals surface area contributed by atoms with E-state index in [1.54, 1.807) is 0 Å². The predicted octanol–water partition coefficient (Wildman–Crippen LogP) is 4.95. The number of aromatic nitrogens is 2. The van der Waals surface area contributed by atoms with Crippen molar-refractivity contribution in [2.45, 2.75) is 51.8 Å². The summed E-state index contributed by atoms with van der Waals surface area (Å²) < 4.78 is 8.36. The van der Waals surface area contributed by atoms with Gasteiger partial charge in [0.2, 0.25) is 0 Å². The van der Waals surface area contributed by atoms with Crippen molar-refractivity contribution < 1.29 is 4.74 Å². The van der Waals surface area contributed by atoms with Gasteiger partial charge in [0, 0.05) is 42.0 Å². The van der Waals surface area contributed by atoms with E-state index in [0.29, 0.717) is 0 Å². The molecular formula is C26H30N4OS. The first-order chi connectivity index (χ1) is 15.6. The first-order valence-electron chi connectivity index (χ1n) is 11.4. The molecule has 3 atom stereocenters. The highest BCUT2D eigenvalue weighted by molar-refractivity contribution is 7.80. The summed E-state index contributed by atoms with van der Waals surface area (Å²) in [7, 11) is 0. The molecule has 1 N–H and O–H groups in total. The minimum absolute atomic E-state index is 0.00599. The summed E-state index contributed by atoms with van der Waals surface area (Å²) in [5.74, 6) is 0. The molecule has 32 heavy (non-hydrogen) atoms. The number of ether oxygens (including phenoxy) is 1. The minimum Gasteiger partial charge on any atom is -0.376 e. The summed E-state index contributed by atoms with van der Waals surface area (Å²) in [4.78, 5) is 7.04. The van der Waals surface area contributed by atoms with Crippen LogP contribution >= 0.6 is 12.2 Å². The second-order valence-electron chi connectivity index (χ2n) is 8.79. The Morgan fingerprint density at radius 2 is 1.84 bits per heavy atom. The molecule has 5 nitrogen and oxygen atoms in total. The second kappa shape index (κ2) is 8.68. The van der Waals surface area contributed by atoms with E-state index >= 15 is 0 Å². The lowest BCUT2D eigenvalue weighted by atomic mass is 9.93. The fourth-order valence-corrected chi connectivity index (χ4v) is 5.64. The highest BCUT2D eigenvalue weighted by Gasteiger charge is 2.43. The zero-order chi connectivity index (χ0) is 22.2. The average Bonchev–Trinajstić information content (AvgIpc) is 3.49. The summed E-state index contributed by atoms with van der Waals surface area (Å²) in [6.07, 6.45) is 4.29. The van der Waals surface area contributed by atoms with E-state index in [-0.39, 0.29) is 18.2 Å². The Kier molecular flexibility index (Phi) is 5.74. The third-order valence-electron chi connectivity index (χ3n) is 6.94. The number of hydrogen-bond donors (Lipinski definition) is 1. The summed E-state index contributed by atoms with van der Waals surface area (Å²) in [5, 5.41) is 4.38. The fourth-order valence-electron chi connectivity index (χ4n) is 5.33. The lowest BCUT2D eigenvalue weighted by molar-refractivity contribution is 0.0841. The molecule has 0 saturated carbocycles. The highest BCUT2D eigenvalue weighted by atomic mass is 32.1. The summed E-state index contributed by atoms with van der Waals surface area (Å²) >= 11 is 5.87. The molecule has 0 amide bonds. The Morgan fingerprint density at radius 3 is 2.53 bits per heavy atom. The average molecular weight is 447 g/mol. The quantitative estimate of drug-likeness (QED) is 0.562. The minimum atomic E-state index is -0.00599. The van der Waals surface area contributed by atoms with Gasteiger partial charge >= 0.3 is 0 Å². The number of hydrogen-bond acceptors (Lipinski definition) is 3. The summed E-state index contributed by atoms with van der Waals surface area (Å²) in [6.45, 7) is 8.31. The van der Waals surface area contributed by atoms with E-state index in [4.69, 9.17) is 21.9 Å². The van der Waals surface area contributed by atoms with Gasteiger partial charge in [-0.2, -0.15) is 0 Å². The van der Waals surface area contributed by atoms with Gasteiger partial charge in [0.1, 0.15) is 0 Å². The molecule has 1 aromatic carbocycles. The third-order valence-corrected chi connectivity index (χ3v) is 7.29. The molecule has 3 aromatic rings. The Hall–Kier alpha value is -2.70. The van der Waals surface area contributed by atoms with Gasteiger partial charge in [-0.1, -0.05) is 24.3 Å². The van der Waals surface area contributed by atoms with Gasteiger partial charge in [-0.25, -0.2) is 0 Å². The molecule has 4 heterocycles. The molecule has 0 unspecified atom stereocenters. The molecule has 2 saturated heterocycles. The van der Waals surface area contributed by atoms with Gasteiger partial charge in [0.25, 0.3) is 0 Å². The van der Waals surface area contributed by atoms with E-state index in [2.05, 4.69) is 72.0 Å². The molecule has 0 spiro atoms. The number of pyridine rings is 1. The normalized spacial score (nSPS) is 23.0. The first-order valence-corrected chi connectivity index (χ1v) is 11.8. The Balaban J connectivity index is 1.63. The van der Waals surface area contributed by atoms with Crippen LogP contribution < -0.4 is 5.32 Å². The Morgan fingerprint density at radius 1 is 1.06 bits per heavy atom. The van der Waals surface area contributed by atoms with Crippen molar-refractivity contribution in [3.63, 3.8) is 0 Å². The van der Waals surface area contributed by atoms with Crippen molar-refractivity contribution >= 4 is 17.3 Å². The van der Waals surface area contributed by atoms with Crippen molar-refractivity contribution in [3.05, 3.63) is 82.9 Å². The summed E-state index contributed by atoms with van der Waals surface area (Å²) in [6, 6.07) is 16.7. The lowest BCUT2D eigenvalue weighted by Gasteiger charge is -2.30. The van der Waals surface area contributed by atoms with Crippen LogP contribution in [0.1, 0.15) is 53.1 Å². The fraction of sp³-hybridized carbons (Fsp3) is 0.385. The van der Waals surface area contributed by atoms with Crippen LogP contribution in [-0.2, 0) is 4.74 Å². The topological polar surface area (TPSA) is 42.3 Å². The lowest BCUT2D eigenvalue weighted by Crippen LogP contribution is -2.36. The molecule has 0 bridgehead atoms. The van der Waals surface area contributed by atoms with Crippen LogP contribution in [0.25, 0.3) is 5.69 Å². The molecule has 2 aliphatic rings. The van der Waals surface area contributed by atoms with Gasteiger partial charge in [0.15, 0.2) is 5.11 Å². The van der Waals surface area contributed by atoms with Gasteiger partial charge in [-0.15, -0.1) is 0 Å². The Labute approximate surface area is 195 Å². The molecule has 2 aliphatic heterocycles. The molecule has 5 rings (SSSR count). The molecular weight excluding hydrogens is 416 g/mol. The van der Waals surface area contributed by atoms with Crippen LogP contribution in [0, 0.1) is 20.8 Å². The van der Waals surface area contributed by atoms with Crippen molar-refractivity contribution in [3.8, 4) is 5.69 Å². The van der Waals surface area contributed by atoms with E-state index < -0.39 is 0 Å². The second-order valence-corrected chi connectivity index (χ2v) is 9.18. The van der Waals surface area contributed by atoms with Crippen molar-refractivity contribution in [2.75, 3.05) is 13.2 Å². The monoisotopic (exact) mass is 446 g/mol. The third kappa shape index (κ3) is 3.61. The van der Waals surface area contributed by atoms with Crippen molar-refractivity contribution in [2.24, 2.45) is 0 Å². The van der Waals surface area contributed by atoms with Gasteiger partial charge in [0.05, 0.1) is 23.9 Å². The van der Waals surface area contributed by atoms with Crippen LogP contribution in [0.5, 0.6) is 0 Å². The van der Waals surface area contributed by atoms with Crippen LogP contribution in [0.3, 0.4) is 0 Å². The maximum Gasteiger partial charge on any atom is 0.170 e. The molecule has 0 radical (unpaired) electrons. The first kappa shape index (κ1) is 21.2. The van der Waals surface area contributed by atoms with E-state index in [0.717, 1.165) is 36.8 Å². The number of thiocarbonyl (C=S) groups is 1. The van der Waals surface area contributed by atoms with Crippen LogP contribution in [0.15, 0.2) is 54.7 Å². The van der Waals surface area contributed by atoms with Crippen LogP contribution in [0.2, 0.25) is 0 Å². The van der Waals surface area contributed by atoms with E-state index in [1.807, 2.05) is 18.3 Å². The number of nitrogens with one attached hydrogen (secondary N) is 1. The molecule has 2 fully saturated rings. The number of benzene rings is 1. The molecule has 2 aromatic heterocycles. The zero-order valence-corrected chi connectivity index (χ0v) is 19.7. The Bertz CT molecular complexity index is 1110. The maximum atomic E-state index is 6.00. The molecule has 0 aliphatic carbocycles. The van der Waals surface area contributed by atoms with Crippen molar-refractivity contribution in [1.82, 2.24) is 19.8 Å². The zero-order valence-electron chi connectivity index (χ0n) is 18.9. The maximum absolute atomic E-state index is 6.00. The van der Waals surface area contributed by atoms with E-state index in [9.17, 15) is 0 Å². The number of nitrogens with zero attached hydrogens (tertiary/aromatic N) is 3. The van der Waals surface area contributed by atoms with Gasteiger partial charge in [-0.3, -0.25) is 4.98 Å². The number of rotatable bonds is 5. The standard InChI is InChI=1S/C26H30N4OS/c1-17-18(2)30(20-10-5-4-6-11-20)19(3)23(17)25-24(22-13-7-8-14-27-22)28-26(32)29(25)16-21-12-9-15-31-21/h4-8,10-11,13-14,21,24-25H,9,12,15-16H2,1-3H3,(H,28,32)/t21-,24-,25+/m0/s1. The van der Waals surface area contributed by atoms with Gasteiger partial charge < -0.3 is 19.5 Å². The smallest absolute Gasteiger partial charge is 0.170 e. The molecule has 6 heteroatoms. The van der Waals surface area contributed by atoms with E-state index in [1.165, 1.54) is 28.2 Å².